The van der Waals surface area contributed by atoms with Crippen molar-refractivity contribution in [3.8, 4) is 0 Å². The van der Waals surface area contributed by atoms with Crippen LogP contribution >= 0.6 is 7.37 Å². The molecule has 2 aromatic rings. The third kappa shape index (κ3) is 5.70. The van der Waals surface area contributed by atoms with Crippen molar-refractivity contribution < 1.29 is 32.5 Å². The highest BCUT2D eigenvalue weighted by atomic mass is 31.2. The first kappa shape index (κ1) is 23.6. The smallest absolute Gasteiger partial charge is 0.357 e. The SMILES string of the molecule is CCCCCCC(OP(=O)(c1ccccc1)c1ccccc1)C(O)(O)C(F)(F)F. The van der Waals surface area contributed by atoms with Crippen molar-refractivity contribution >= 4 is 18.0 Å². The summed E-state index contributed by atoms with van der Waals surface area (Å²) in [6.07, 6.45) is -5.23. The van der Waals surface area contributed by atoms with E-state index < -0.39 is 25.4 Å². The van der Waals surface area contributed by atoms with E-state index >= 15 is 0 Å². The van der Waals surface area contributed by atoms with Crippen LogP contribution in [0.3, 0.4) is 0 Å². The zero-order chi connectivity index (χ0) is 21.5. The molecule has 2 N–H and O–H groups in total. The molecule has 160 valence electrons. The molecule has 0 aliphatic heterocycles. The molecule has 0 fully saturated rings. The molecule has 1 unspecified atom stereocenters. The third-order valence-corrected chi connectivity index (χ3v) is 7.16. The maximum absolute atomic E-state index is 13.9. The summed E-state index contributed by atoms with van der Waals surface area (Å²) in [6, 6.07) is 15.7. The fraction of sp³-hybridized carbons (Fsp3) is 0.429. The standard InChI is InChI=1S/C21H26F3O4P/c1-2-3-4-11-16-19(20(25,26)21(22,23)24)28-29(27,17-12-7-5-8-13-17)18-14-9-6-10-15-18/h5-10,12-15,19,25-26H,2-4,11,16H2,1H3. The Morgan fingerprint density at radius 3 is 1.79 bits per heavy atom. The molecule has 0 saturated heterocycles. The molecular weight excluding hydrogens is 404 g/mol. The van der Waals surface area contributed by atoms with Gasteiger partial charge in [0.15, 0.2) is 0 Å². The van der Waals surface area contributed by atoms with Crippen LogP contribution in [0, 0.1) is 0 Å². The van der Waals surface area contributed by atoms with Crippen molar-refractivity contribution in [2.45, 2.75) is 57.1 Å². The molecule has 0 radical (unpaired) electrons. The monoisotopic (exact) mass is 430 g/mol. The second-order valence-electron chi connectivity index (χ2n) is 6.89. The summed E-state index contributed by atoms with van der Waals surface area (Å²) in [7, 11) is -4.02. The molecule has 1 atom stereocenters. The lowest BCUT2D eigenvalue weighted by molar-refractivity contribution is -0.374. The Labute approximate surface area is 168 Å². The second-order valence-corrected chi connectivity index (χ2v) is 9.24. The first-order valence-electron chi connectivity index (χ1n) is 9.54. The highest BCUT2D eigenvalue weighted by Crippen LogP contribution is 2.49. The molecule has 4 nitrogen and oxygen atoms in total. The minimum atomic E-state index is -5.36. The quantitative estimate of drug-likeness (QED) is 0.331. The van der Waals surface area contributed by atoms with Crippen molar-refractivity contribution in [3.63, 3.8) is 0 Å². The largest absolute Gasteiger partial charge is 0.445 e. The molecule has 0 bridgehead atoms. The van der Waals surface area contributed by atoms with E-state index in [-0.39, 0.29) is 23.5 Å². The van der Waals surface area contributed by atoms with Crippen molar-refractivity contribution in [1.29, 1.82) is 0 Å². The zero-order valence-corrected chi connectivity index (χ0v) is 17.1. The lowest BCUT2D eigenvalue weighted by Gasteiger charge is -2.35. The van der Waals surface area contributed by atoms with Gasteiger partial charge in [-0.05, 0) is 30.7 Å². The van der Waals surface area contributed by atoms with Crippen LogP contribution in [-0.2, 0) is 9.09 Å². The molecule has 0 spiro atoms. The number of rotatable bonds is 10. The van der Waals surface area contributed by atoms with Gasteiger partial charge in [0, 0.05) is 10.6 Å². The molecule has 0 amide bonds. The summed E-state index contributed by atoms with van der Waals surface area (Å²) in [4.78, 5) is 0. The average molecular weight is 430 g/mol. The minimum absolute atomic E-state index is 0.183. The van der Waals surface area contributed by atoms with E-state index in [0.717, 1.165) is 12.8 Å². The molecule has 0 aromatic heterocycles. The van der Waals surface area contributed by atoms with E-state index in [0.29, 0.717) is 6.42 Å². The molecule has 0 saturated carbocycles. The van der Waals surface area contributed by atoms with Crippen LogP contribution in [-0.4, -0.2) is 28.3 Å². The maximum Gasteiger partial charge on any atom is 0.445 e. The van der Waals surface area contributed by atoms with Gasteiger partial charge in [-0.3, -0.25) is 4.57 Å². The normalized spacial score (nSPS) is 14.0. The van der Waals surface area contributed by atoms with Crippen LogP contribution in [0.15, 0.2) is 60.7 Å². The molecule has 0 aliphatic rings. The van der Waals surface area contributed by atoms with E-state index in [1.165, 1.54) is 24.3 Å². The van der Waals surface area contributed by atoms with Gasteiger partial charge in [-0.15, -0.1) is 0 Å². The molecule has 2 rings (SSSR count). The summed E-state index contributed by atoms with van der Waals surface area (Å²) in [5, 5.41) is 20.2. The Balaban J connectivity index is 2.46. The first-order valence-corrected chi connectivity index (χ1v) is 11.2. The van der Waals surface area contributed by atoms with E-state index in [1.54, 1.807) is 36.4 Å². The number of hydrogen-bond donors (Lipinski definition) is 2. The Morgan fingerprint density at radius 2 is 1.38 bits per heavy atom. The van der Waals surface area contributed by atoms with Crippen molar-refractivity contribution in [2.75, 3.05) is 0 Å². The van der Waals surface area contributed by atoms with Crippen LogP contribution in [0.1, 0.15) is 39.0 Å². The van der Waals surface area contributed by atoms with Gasteiger partial charge in [-0.2, -0.15) is 13.2 Å². The van der Waals surface area contributed by atoms with Crippen LogP contribution in [0.25, 0.3) is 0 Å². The lowest BCUT2D eigenvalue weighted by Crippen LogP contribution is -2.55. The first-order chi connectivity index (χ1) is 13.6. The highest BCUT2D eigenvalue weighted by molar-refractivity contribution is 7.74. The van der Waals surface area contributed by atoms with E-state index in [1.807, 2.05) is 6.92 Å². The number of benzene rings is 2. The van der Waals surface area contributed by atoms with Gasteiger partial charge in [0.25, 0.3) is 13.2 Å². The number of hydrogen-bond acceptors (Lipinski definition) is 4. The predicted octanol–water partition coefficient (Wildman–Crippen LogP) is 4.51. The van der Waals surface area contributed by atoms with E-state index in [4.69, 9.17) is 4.52 Å². The summed E-state index contributed by atoms with van der Waals surface area (Å²) in [5.41, 5.74) is 0. The van der Waals surface area contributed by atoms with Crippen molar-refractivity contribution in [3.05, 3.63) is 60.7 Å². The number of aliphatic hydroxyl groups is 2. The Hall–Kier alpha value is -1.66. The van der Waals surface area contributed by atoms with E-state index in [2.05, 4.69) is 0 Å². The summed E-state index contributed by atoms with van der Waals surface area (Å²) in [6.45, 7) is 1.95. The summed E-state index contributed by atoms with van der Waals surface area (Å²) < 4.78 is 59.5. The van der Waals surface area contributed by atoms with Gasteiger partial charge in [0.2, 0.25) is 0 Å². The fourth-order valence-corrected chi connectivity index (χ4v) is 5.25. The third-order valence-electron chi connectivity index (χ3n) is 4.65. The summed E-state index contributed by atoms with van der Waals surface area (Å²) in [5.74, 6) is -4.13. The van der Waals surface area contributed by atoms with Gasteiger partial charge in [0.05, 0.1) is 0 Å². The molecule has 8 heteroatoms. The summed E-state index contributed by atoms with van der Waals surface area (Å²) >= 11 is 0. The molecule has 0 aliphatic carbocycles. The van der Waals surface area contributed by atoms with E-state index in [9.17, 15) is 27.9 Å². The topological polar surface area (TPSA) is 66.8 Å². The number of alkyl halides is 3. The average Bonchev–Trinajstić information content (AvgIpc) is 2.70. The molecule has 0 heterocycles. The van der Waals surface area contributed by atoms with Gasteiger partial charge in [-0.25, -0.2) is 0 Å². The second kappa shape index (κ2) is 9.90. The van der Waals surface area contributed by atoms with Crippen molar-refractivity contribution in [2.24, 2.45) is 0 Å². The molecular formula is C21H26F3O4P. The van der Waals surface area contributed by atoms with Gasteiger partial charge < -0.3 is 14.7 Å². The van der Waals surface area contributed by atoms with Gasteiger partial charge in [0.1, 0.15) is 6.10 Å². The molecule has 2 aromatic carbocycles. The van der Waals surface area contributed by atoms with Crippen molar-refractivity contribution in [1.82, 2.24) is 0 Å². The van der Waals surface area contributed by atoms with Crippen LogP contribution in [0.4, 0.5) is 13.2 Å². The Morgan fingerprint density at radius 1 is 0.897 bits per heavy atom. The van der Waals surface area contributed by atoms with Gasteiger partial charge >= 0.3 is 6.18 Å². The molecule has 29 heavy (non-hydrogen) atoms. The maximum atomic E-state index is 13.9. The zero-order valence-electron chi connectivity index (χ0n) is 16.2. The predicted molar refractivity (Wildman–Crippen MR) is 107 cm³/mol. The van der Waals surface area contributed by atoms with Crippen LogP contribution in [0.5, 0.6) is 0 Å². The minimum Gasteiger partial charge on any atom is -0.357 e. The van der Waals surface area contributed by atoms with Crippen LogP contribution < -0.4 is 10.6 Å². The Kier molecular flexibility index (Phi) is 8.06. The Bertz CT molecular complexity index is 751. The number of unbranched alkanes of at least 4 members (excludes halogenated alkanes) is 3. The highest BCUT2D eigenvalue weighted by Gasteiger charge is 2.60. The fourth-order valence-electron chi connectivity index (χ4n) is 2.96. The lowest BCUT2D eigenvalue weighted by atomic mass is 10.0. The van der Waals surface area contributed by atoms with Gasteiger partial charge in [-0.1, -0.05) is 69.0 Å². The van der Waals surface area contributed by atoms with Crippen LogP contribution in [0.2, 0.25) is 0 Å². The number of halogens is 3.